The average Bonchev–Trinajstić information content (AvgIpc) is 3.59. The number of hydrogen-bond donors (Lipinski definition) is 0. The number of fused-ring (bicyclic) bond motifs is 3. The molecule has 9 rings (SSSR count). The molecule has 1 aromatic heterocycles. The normalized spacial score (nSPS) is 11.2. The van der Waals surface area contributed by atoms with Crippen molar-refractivity contribution < 1.29 is 4.42 Å². The van der Waals surface area contributed by atoms with Crippen LogP contribution in [0.1, 0.15) is 0 Å². The molecule has 0 bridgehead atoms. The van der Waals surface area contributed by atoms with Crippen molar-refractivity contribution in [1.29, 1.82) is 0 Å². The Balaban J connectivity index is 1.36. The number of rotatable bonds is 7. The molecule has 50 heavy (non-hydrogen) atoms. The summed E-state index contributed by atoms with van der Waals surface area (Å²) in [5, 5.41) is 2.19. The first-order valence-electron chi connectivity index (χ1n) is 17.0. The zero-order valence-corrected chi connectivity index (χ0v) is 27.4. The standard InChI is InChI=1S/C48H33NO/c1-4-18-34(19-5-1)37-24-10-11-26-40(37)47-38(35-20-6-2-7-21-35)28-16-29-41(47)39-25-12-14-30-43(39)49(36-22-8-3-9-23-36)44-31-17-33-46-48(44)42-27-13-15-32-45(42)50-46/h1-33H. The molecule has 236 valence electrons. The molecule has 0 atom stereocenters. The van der Waals surface area contributed by atoms with Crippen LogP contribution in [0.4, 0.5) is 17.1 Å². The molecule has 0 saturated heterocycles. The largest absolute Gasteiger partial charge is 0.456 e. The van der Waals surface area contributed by atoms with Crippen LogP contribution in [0.5, 0.6) is 0 Å². The van der Waals surface area contributed by atoms with Crippen LogP contribution in [0.15, 0.2) is 205 Å². The molecule has 0 unspecified atom stereocenters. The van der Waals surface area contributed by atoms with Crippen LogP contribution in [0.2, 0.25) is 0 Å². The molecule has 2 nitrogen and oxygen atoms in total. The highest BCUT2D eigenvalue weighted by Crippen LogP contribution is 2.49. The van der Waals surface area contributed by atoms with E-state index in [1.807, 2.05) is 12.1 Å². The lowest BCUT2D eigenvalue weighted by molar-refractivity contribution is 0.669. The summed E-state index contributed by atoms with van der Waals surface area (Å²) in [5.74, 6) is 0. The number of para-hydroxylation sites is 3. The van der Waals surface area contributed by atoms with Crippen LogP contribution in [-0.4, -0.2) is 0 Å². The van der Waals surface area contributed by atoms with E-state index in [1.165, 1.54) is 33.4 Å². The molecule has 0 radical (unpaired) electrons. The third kappa shape index (κ3) is 5.15. The first kappa shape index (κ1) is 29.5. The predicted octanol–water partition coefficient (Wildman–Crippen LogP) is 13.7. The molecule has 0 N–H and O–H groups in total. The third-order valence-corrected chi connectivity index (χ3v) is 9.50. The second kappa shape index (κ2) is 12.8. The van der Waals surface area contributed by atoms with Crippen LogP contribution in [0.3, 0.4) is 0 Å². The molecule has 0 amide bonds. The van der Waals surface area contributed by atoms with Crippen LogP contribution >= 0.6 is 0 Å². The molecule has 9 aromatic rings. The molecule has 2 heteroatoms. The Hall–Kier alpha value is -6.64. The quantitative estimate of drug-likeness (QED) is 0.173. The Bertz CT molecular complexity index is 2590. The van der Waals surface area contributed by atoms with Gasteiger partial charge in [-0.15, -0.1) is 0 Å². The van der Waals surface area contributed by atoms with Crippen molar-refractivity contribution in [3.8, 4) is 44.5 Å². The van der Waals surface area contributed by atoms with Crippen molar-refractivity contribution in [1.82, 2.24) is 0 Å². The molecule has 0 aliphatic carbocycles. The van der Waals surface area contributed by atoms with Gasteiger partial charge >= 0.3 is 0 Å². The second-order valence-corrected chi connectivity index (χ2v) is 12.4. The summed E-state index contributed by atoms with van der Waals surface area (Å²) in [7, 11) is 0. The predicted molar refractivity (Wildman–Crippen MR) is 210 cm³/mol. The summed E-state index contributed by atoms with van der Waals surface area (Å²) in [6.45, 7) is 0. The Morgan fingerprint density at radius 2 is 0.820 bits per heavy atom. The lowest BCUT2D eigenvalue weighted by Crippen LogP contribution is -2.11. The first-order chi connectivity index (χ1) is 24.8. The highest BCUT2D eigenvalue weighted by atomic mass is 16.3. The van der Waals surface area contributed by atoms with E-state index in [-0.39, 0.29) is 0 Å². The van der Waals surface area contributed by atoms with E-state index in [4.69, 9.17) is 4.42 Å². The summed E-state index contributed by atoms with van der Waals surface area (Å²) in [5.41, 5.74) is 14.4. The van der Waals surface area contributed by atoms with Crippen molar-refractivity contribution in [2.75, 3.05) is 4.90 Å². The SMILES string of the molecule is c1ccc(-c2ccccc2-c2c(-c3ccccc3)cccc2-c2ccccc2N(c2ccccc2)c2cccc3oc4ccccc4c23)cc1. The van der Waals surface area contributed by atoms with Gasteiger partial charge in [0.2, 0.25) is 0 Å². The van der Waals surface area contributed by atoms with Crippen molar-refractivity contribution in [3.63, 3.8) is 0 Å². The number of furan rings is 1. The van der Waals surface area contributed by atoms with Crippen LogP contribution in [0, 0.1) is 0 Å². The molecular weight excluding hydrogens is 607 g/mol. The van der Waals surface area contributed by atoms with Crippen LogP contribution in [0.25, 0.3) is 66.4 Å². The van der Waals surface area contributed by atoms with Gasteiger partial charge in [-0.05, 0) is 75.3 Å². The summed E-state index contributed by atoms with van der Waals surface area (Å²) in [6, 6.07) is 71.1. The Kier molecular flexibility index (Phi) is 7.53. The smallest absolute Gasteiger partial charge is 0.137 e. The van der Waals surface area contributed by atoms with Crippen molar-refractivity contribution in [2.24, 2.45) is 0 Å². The van der Waals surface area contributed by atoms with Gasteiger partial charge in [0.1, 0.15) is 11.2 Å². The molecule has 0 aliphatic heterocycles. The number of benzene rings is 8. The minimum Gasteiger partial charge on any atom is -0.456 e. The monoisotopic (exact) mass is 639 g/mol. The zero-order valence-electron chi connectivity index (χ0n) is 27.4. The number of nitrogens with zero attached hydrogens (tertiary/aromatic N) is 1. The van der Waals surface area contributed by atoms with E-state index in [0.717, 1.165) is 50.1 Å². The van der Waals surface area contributed by atoms with E-state index in [9.17, 15) is 0 Å². The minimum absolute atomic E-state index is 0.866. The van der Waals surface area contributed by atoms with Gasteiger partial charge < -0.3 is 9.32 Å². The molecule has 0 saturated carbocycles. The third-order valence-electron chi connectivity index (χ3n) is 9.50. The van der Waals surface area contributed by atoms with Crippen LogP contribution in [-0.2, 0) is 0 Å². The summed E-state index contributed by atoms with van der Waals surface area (Å²) < 4.78 is 6.40. The Labute approximate surface area is 292 Å². The molecular formula is C48H33NO. The number of hydrogen-bond acceptors (Lipinski definition) is 2. The maximum Gasteiger partial charge on any atom is 0.137 e. The van der Waals surface area contributed by atoms with Gasteiger partial charge in [0.25, 0.3) is 0 Å². The fourth-order valence-electron chi connectivity index (χ4n) is 7.32. The Morgan fingerprint density at radius 1 is 0.320 bits per heavy atom. The van der Waals surface area contributed by atoms with Gasteiger partial charge in [-0.25, -0.2) is 0 Å². The summed E-state index contributed by atoms with van der Waals surface area (Å²) in [6.07, 6.45) is 0. The average molecular weight is 640 g/mol. The lowest BCUT2D eigenvalue weighted by Gasteiger charge is -2.29. The van der Waals surface area contributed by atoms with Gasteiger partial charge in [-0.1, -0.05) is 164 Å². The van der Waals surface area contributed by atoms with Gasteiger partial charge in [-0.3, -0.25) is 0 Å². The maximum atomic E-state index is 6.40. The summed E-state index contributed by atoms with van der Waals surface area (Å²) in [4.78, 5) is 2.39. The van der Waals surface area contributed by atoms with Gasteiger partial charge in [0.15, 0.2) is 0 Å². The number of anilines is 3. The highest BCUT2D eigenvalue weighted by molar-refractivity contribution is 6.14. The van der Waals surface area contributed by atoms with E-state index < -0.39 is 0 Å². The summed E-state index contributed by atoms with van der Waals surface area (Å²) >= 11 is 0. The molecule has 8 aromatic carbocycles. The zero-order chi connectivity index (χ0) is 33.3. The van der Waals surface area contributed by atoms with E-state index >= 15 is 0 Å². The molecule has 0 aliphatic rings. The van der Waals surface area contributed by atoms with Gasteiger partial charge in [0, 0.05) is 16.6 Å². The Morgan fingerprint density at radius 3 is 1.58 bits per heavy atom. The van der Waals surface area contributed by atoms with Crippen molar-refractivity contribution in [2.45, 2.75) is 0 Å². The fourth-order valence-corrected chi connectivity index (χ4v) is 7.32. The maximum absolute atomic E-state index is 6.40. The second-order valence-electron chi connectivity index (χ2n) is 12.4. The van der Waals surface area contributed by atoms with E-state index in [2.05, 4.69) is 193 Å². The minimum atomic E-state index is 0.866. The molecule has 1 heterocycles. The van der Waals surface area contributed by atoms with E-state index in [1.54, 1.807) is 0 Å². The topological polar surface area (TPSA) is 16.4 Å². The molecule has 0 fully saturated rings. The van der Waals surface area contributed by atoms with Gasteiger partial charge in [0.05, 0.1) is 16.8 Å². The lowest BCUT2D eigenvalue weighted by atomic mass is 9.84. The van der Waals surface area contributed by atoms with Crippen molar-refractivity contribution >= 4 is 39.0 Å². The highest BCUT2D eigenvalue weighted by Gasteiger charge is 2.24. The van der Waals surface area contributed by atoms with Crippen LogP contribution < -0.4 is 4.90 Å². The van der Waals surface area contributed by atoms with Crippen molar-refractivity contribution in [3.05, 3.63) is 200 Å². The van der Waals surface area contributed by atoms with Gasteiger partial charge in [-0.2, -0.15) is 0 Å². The molecule has 0 spiro atoms. The fraction of sp³-hybridized carbons (Fsp3) is 0. The van der Waals surface area contributed by atoms with E-state index in [0.29, 0.717) is 0 Å². The first-order valence-corrected chi connectivity index (χ1v) is 17.0.